The van der Waals surface area contributed by atoms with Crippen molar-refractivity contribution in [2.45, 2.75) is 26.2 Å². The number of amides is 1. The lowest BCUT2D eigenvalue weighted by Gasteiger charge is -2.07. The molecule has 0 saturated carbocycles. The minimum absolute atomic E-state index is 0.00267. The lowest BCUT2D eigenvalue weighted by molar-refractivity contribution is -0.121. The smallest absolute Gasteiger partial charge is 0.236 e. The molecule has 5 nitrogen and oxygen atoms in total. The zero-order valence-corrected chi connectivity index (χ0v) is 9.21. The van der Waals surface area contributed by atoms with Gasteiger partial charge in [-0.3, -0.25) is 14.5 Å². The van der Waals surface area contributed by atoms with E-state index in [0.717, 1.165) is 17.8 Å². The Labute approximate surface area is 91.1 Å². The maximum atomic E-state index is 11.4. The third-order valence-corrected chi connectivity index (χ3v) is 3.14. The Morgan fingerprint density at radius 2 is 2.20 bits per heavy atom. The predicted octanol–water partition coefficient (Wildman–Crippen LogP) is 0.796. The Morgan fingerprint density at radius 1 is 1.40 bits per heavy atom. The molecule has 1 fully saturated rings. The number of carbonyl (C=O) groups is 2. The van der Waals surface area contributed by atoms with Gasteiger partial charge in [-0.05, 0) is 6.42 Å². The van der Waals surface area contributed by atoms with Crippen LogP contribution in [0.3, 0.4) is 0 Å². The maximum Gasteiger partial charge on any atom is 0.236 e. The molecule has 2 heterocycles. The number of carbonyl (C=O) groups excluding carboxylic acids is 2. The number of aryl methyl sites for hydroxylation is 1. The first-order chi connectivity index (χ1) is 7.20. The van der Waals surface area contributed by atoms with E-state index in [1.54, 1.807) is 0 Å². The zero-order chi connectivity index (χ0) is 10.8. The van der Waals surface area contributed by atoms with Gasteiger partial charge in [0, 0.05) is 6.42 Å². The highest BCUT2D eigenvalue weighted by Gasteiger charge is 2.30. The third kappa shape index (κ3) is 2.04. The van der Waals surface area contributed by atoms with Crippen LogP contribution < -0.4 is 4.90 Å². The summed E-state index contributed by atoms with van der Waals surface area (Å²) in [6.07, 6.45) is 1.87. The average molecular weight is 225 g/mol. The minimum Gasteiger partial charge on any atom is -0.297 e. The quantitative estimate of drug-likeness (QED) is 0.714. The van der Waals surface area contributed by atoms with E-state index in [2.05, 4.69) is 17.1 Å². The van der Waals surface area contributed by atoms with Gasteiger partial charge in [-0.2, -0.15) is 0 Å². The van der Waals surface area contributed by atoms with Crippen molar-refractivity contribution in [1.82, 2.24) is 10.2 Å². The maximum absolute atomic E-state index is 11.4. The van der Waals surface area contributed by atoms with Gasteiger partial charge in [0.1, 0.15) is 5.01 Å². The van der Waals surface area contributed by atoms with Crippen molar-refractivity contribution in [3.8, 4) is 0 Å². The number of rotatable bonds is 3. The van der Waals surface area contributed by atoms with Crippen LogP contribution >= 0.6 is 11.3 Å². The van der Waals surface area contributed by atoms with Gasteiger partial charge in [0.2, 0.25) is 11.0 Å². The number of hydrogen-bond acceptors (Lipinski definition) is 5. The van der Waals surface area contributed by atoms with Gasteiger partial charge in [-0.25, -0.2) is 0 Å². The van der Waals surface area contributed by atoms with E-state index in [1.165, 1.54) is 16.2 Å². The third-order valence-electron chi connectivity index (χ3n) is 2.13. The molecule has 1 aliphatic heterocycles. The molecular formula is C9H11N3O2S. The SMILES string of the molecule is CCCc1nnc(N2CC(=O)CC2=O)s1. The average Bonchev–Trinajstić information content (AvgIpc) is 2.73. The first-order valence-corrected chi connectivity index (χ1v) is 5.66. The molecule has 0 bridgehead atoms. The molecule has 0 aliphatic carbocycles. The first kappa shape index (κ1) is 10.2. The van der Waals surface area contributed by atoms with Crippen molar-refractivity contribution in [3.63, 3.8) is 0 Å². The van der Waals surface area contributed by atoms with Crippen LogP contribution in [0.1, 0.15) is 24.8 Å². The van der Waals surface area contributed by atoms with Crippen LogP contribution in [0.5, 0.6) is 0 Å². The number of nitrogens with zero attached hydrogens (tertiary/aromatic N) is 3. The van der Waals surface area contributed by atoms with E-state index in [1.807, 2.05) is 0 Å². The molecule has 0 N–H and O–H groups in total. The Balaban J connectivity index is 2.15. The second-order valence-electron chi connectivity index (χ2n) is 3.42. The zero-order valence-electron chi connectivity index (χ0n) is 8.39. The van der Waals surface area contributed by atoms with Crippen LogP contribution in [0.15, 0.2) is 0 Å². The monoisotopic (exact) mass is 225 g/mol. The summed E-state index contributed by atoms with van der Waals surface area (Å²) in [5.74, 6) is -0.216. The number of hydrogen-bond donors (Lipinski definition) is 0. The van der Waals surface area contributed by atoms with Gasteiger partial charge in [0.05, 0.1) is 13.0 Å². The molecule has 1 aliphatic rings. The summed E-state index contributed by atoms with van der Waals surface area (Å²) in [5.41, 5.74) is 0. The number of aromatic nitrogens is 2. The van der Waals surface area contributed by atoms with E-state index in [0.29, 0.717) is 5.13 Å². The van der Waals surface area contributed by atoms with Crippen molar-refractivity contribution in [2.75, 3.05) is 11.4 Å². The predicted molar refractivity (Wildman–Crippen MR) is 55.9 cm³/mol. The van der Waals surface area contributed by atoms with Gasteiger partial charge in [-0.1, -0.05) is 18.3 Å². The van der Waals surface area contributed by atoms with Crippen LogP contribution in [0.25, 0.3) is 0 Å². The molecule has 1 aromatic heterocycles. The lowest BCUT2D eigenvalue weighted by Crippen LogP contribution is -2.24. The Hall–Kier alpha value is -1.30. The fraction of sp³-hybridized carbons (Fsp3) is 0.556. The molecule has 0 aromatic carbocycles. The van der Waals surface area contributed by atoms with Gasteiger partial charge >= 0.3 is 0 Å². The highest BCUT2D eigenvalue weighted by molar-refractivity contribution is 7.15. The van der Waals surface area contributed by atoms with Gasteiger partial charge in [0.25, 0.3) is 0 Å². The van der Waals surface area contributed by atoms with E-state index in [4.69, 9.17) is 0 Å². The molecule has 0 radical (unpaired) electrons. The summed E-state index contributed by atoms with van der Waals surface area (Å²) >= 11 is 1.39. The van der Waals surface area contributed by atoms with Gasteiger partial charge in [-0.15, -0.1) is 10.2 Å². The minimum atomic E-state index is -0.167. The normalized spacial score (nSPS) is 16.5. The molecule has 2 rings (SSSR count). The summed E-state index contributed by atoms with van der Waals surface area (Å²) < 4.78 is 0. The number of anilines is 1. The van der Waals surface area contributed by atoms with Crippen LogP contribution in [0.4, 0.5) is 5.13 Å². The molecule has 0 spiro atoms. The second-order valence-corrected chi connectivity index (χ2v) is 4.46. The molecule has 15 heavy (non-hydrogen) atoms. The largest absolute Gasteiger partial charge is 0.297 e. The van der Waals surface area contributed by atoms with Crippen LogP contribution in [-0.4, -0.2) is 28.4 Å². The van der Waals surface area contributed by atoms with Crippen molar-refractivity contribution in [3.05, 3.63) is 5.01 Å². The summed E-state index contributed by atoms with van der Waals surface area (Å²) in [6.45, 7) is 2.21. The van der Waals surface area contributed by atoms with Crippen molar-refractivity contribution in [1.29, 1.82) is 0 Å². The van der Waals surface area contributed by atoms with Gasteiger partial charge < -0.3 is 0 Å². The Morgan fingerprint density at radius 3 is 2.80 bits per heavy atom. The highest BCUT2D eigenvalue weighted by Crippen LogP contribution is 2.24. The summed E-state index contributed by atoms with van der Waals surface area (Å²) in [6, 6.07) is 0. The molecule has 0 unspecified atom stereocenters. The standard InChI is InChI=1S/C9H11N3O2S/c1-2-3-7-10-11-9(15-7)12-5-6(13)4-8(12)14/h2-5H2,1H3. The van der Waals surface area contributed by atoms with Crippen LogP contribution in [0.2, 0.25) is 0 Å². The summed E-state index contributed by atoms with van der Waals surface area (Å²) in [5, 5.41) is 9.36. The Kier molecular flexibility index (Phi) is 2.77. The van der Waals surface area contributed by atoms with Crippen molar-refractivity contribution >= 4 is 28.2 Å². The molecule has 6 heteroatoms. The second kappa shape index (κ2) is 4.06. The van der Waals surface area contributed by atoms with E-state index < -0.39 is 0 Å². The number of ketones is 1. The fourth-order valence-corrected chi connectivity index (χ4v) is 2.38. The van der Waals surface area contributed by atoms with Crippen LogP contribution in [0, 0.1) is 0 Å². The molecule has 0 atom stereocenters. The van der Waals surface area contributed by atoms with E-state index in [-0.39, 0.29) is 24.7 Å². The topological polar surface area (TPSA) is 63.2 Å². The summed E-state index contributed by atoms with van der Waals surface area (Å²) in [4.78, 5) is 23.9. The molecule has 1 saturated heterocycles. The first-order valence-electron chi connectivity index (χ1n) is 4.85. The fourth-order valence-electron chi connectivity index (χ4n) is 1.43. The summed E-state index contributed by atoms with van der Waals surface area (Å²) in [7, 11) is 0. The molecule has 1 aromatic rings. The number of Topliss-reactive ketones (excluding diaryl/α,β-unsaturated/α-hetero) is 1. The van der Waals surface area contributed by atoms with Crippen molar-refractivity contribution < 1.29 is 9.59 Å². The highest BCUT2D eigenvalue weighted by atomic mass is 32.1. The van der Waals surface area contributed by atoms with Crippen LogP contribution in [-0.2, 0) is 16.0 Å². The molecule has 1 amide bonds. The Bertz CT molecular complexity index is 402. The van der Waals surface area contributed by atoms with E-state index in [9.17, 15) is 9.59 Å². The molecular weight excluding hydrogens is 214 g/mol. The lowest BCUT2D eigenvalue weighted by atomic mass is 10.3. The molecule has 80 valence electrons. The van der Waals surface area contributed by atoms with Gasteiger partial charge in [0.15, 0.2) is 5.78 Å². The van der Waals surface area contributed by atoms with E-state index >= 15 is 0 Å². The van der Waals surface area contributed by atoms with Crippen molar-refractivity contribution in [2.24, 2.45) is 0 Å².